The van der Waals surface area contributed by atoms with E-state index in [-0.39, 0.29) is 6.03 Å². The number of hydrogen-bond acceptors (Lipinski definition) is 4. The molecular formula is C18H26N2O4. The van der Waals surface area contributed by atoms with Crippen molar-refractivity contribution in [3.63, 3.8) is 0 Å². The molecule has 0 atom stereocenters. The quantitative estimate of drug-likeness (QED) is 0.897. The third-order valence-electron chi connectivity index (χ3n) is 4.64. The zero-order valence-electron chi connectivity index (χ0n) is 14.3. The van der Waals surface area contributed by atoms with Gasteiger partial charge in [0.1, 0.15) is 0 Å². The fourth-order valence-electron chi connectivity index (χ4n) is 3.20. The lowest BCUT2D eigenvalue weighted by Gasteiger charge is -2.37. The number of piperidine rings is 1. The number of carbonyl (C=O) groups excluding carboxylic acids is 1. The molecule has 2 fully saturated rings. The highest BCUT2D eigenvalue weighted by molar-refractivity contribution is 5.74. The number of nitrogens with zero attached hydrogens (tertiary/aromatic N) is 1. The molecule has 6 nitrogen and oxygen atoms in total. The minimum Gasteiger partial charge on any atom is -0.377 e. The van der Waals surface area contributed by atoms with Crippen LogP contribution in [0.3, 0.4) is 0 Å². The Bertz CT molecular complexity index is 548. The monoisotopic (exact) mass is 334 g/mol. The number of hydrogen-bond donors (Lipinski definition) is 1. The third kappa shape index (κ3) is 4.06. The number of rotatable bonds is 5. The van der Waals surface area contributed by atoms with Crippen LogP contribution in [0.4, 0.5) is 4.79 Å². The first-order valence-corrected chi connectivity index (χ1v) is 8.68. The van der Waals surface area contributed by atoms with E-state index in [9.17, 15) is 4.79 Å². The van der Waals surface area contributed by atoms with Gasteiger partial charge in [-0.3, -0.25) is 0 Å². The van der Waals surface area contributed by atoms with E-state index in [1.807, 2.05) is 36.1 Å². The summed E-state index contributed by atoms with van der Waals surface area (Å²) in [4.78, 5) is 14.2. The van der Waals surface area contributed by atoms with Gasteiger partial charge in [0.05, 0.1) is 19.8 Å². The zero-order chi connectivity index (χ0) is 16.8. The van der Waals surface area contributed by atoms with Crippen molar-refractivity contribution in [3.8, 4) is 0 Å². The van der Waals surface area contributed by atoms with Crippen LogP contribution in [0.2, 0.25) is 0 Å². The van der Waals surface area contributed by atoms with Gasteiger partial charge < -0.3 is 24.4 Å². The molecular weight excluding hydrogens is 308 g/mol. The second-order valence-electron chi connectivity index (χ2n) is 6.16. The average Bonchev–Trinajstić information content (AvgIpc) is 3.07. The van der Waals surface area contributed by atoms with Gasteiger partial charge in [-0.05, 0) is 18.1 Å². The van der Waals surface area contributed by atoms with E-state index in [1.165, 1.54) is 0 Å². The molecule has 1 spiro atoms. The molecule has 0 radical (unpaired) electrons. The second kappa shape index (κ2) is 7.96. The summed E-state index contributed by atoms with van der Waals surface area (Å²) >= 11 is 0. The van der Waals surface area contributed by atoms with Crippen molar-refractivity contribution in [2.24, 2.45) is 0 Å². The number of benzene rings is 1. The van der Waals surface area contributed by atoms with Crippen LogP contribution in [0.5, 0.6) is 0 Å². The highest BCUT2D eigenvalue weighted by atomic mass is 16.7. The van der Waals surface area contributed by atoms with Gasteiger partial charge in [-0.1, -0.05) is 24.3 Å². The molecule has 2 heterocycles. The molecule has 3 rings (SSSR count). The minimum atomic E-state index is -0.444. The molecule has 2 saturated heterocycles. The Morgan fingerprint density at radius 2 is 1.88 bits per heavy atom. The van der Waals surface area contributed by atoms with Crippen LogP contribution in [0.25, 0.3) is 0 Å². The van der Waals surface area contributed by atoms with Crippen molar-refractivity contribution in [1.82, 2.24) is 10.2 Å². The molecule has 0 bridgehead atoms. The van der Waals surface area contributed by atoms with Gasteiger partial charge in [-0.15, -0.1) is 0 Å². The van der Waals surface area contributed by atoms with Gasteiger partial charge in [0.15, 0.2) is 5.79 Å². The van der Waals surface area contributed by atoms with Gasteiger partial charge >= 0.3 is 6.03 Å². The van der Waals surface area contributed by atoms with E-state index < -0.39 is 5.79 Å². The highest BCUT2D eigenvalue weighted by Crippen LogP contribution is 2.31. The predicted octanol–water partition coefficient (Wildman–Crippen LogP) is 2.27. The lowest BCUT2D eigenvalue weighted by molar-refractivity contribution is -0.181. The molecule has 6 heteroatoms. The molecule has 1 aromatic carbocycles. The first-order chi connectivity index (χ1) is 11.7. The summed E-state index contributed by atoms with van der Waals surface area (Å²) in [7, 11) is 0. The normalized spacial score (nSPS) is 19.6. The smallest absolute Gasteiger partial charge is 0.317 e. The summed E-state index contributed by atoms with van der Waals surface area (Å²) in [5.74, 6) is -0.444. The van der Waals surface area contributed by atoms with Crippen LogP contribution in [0.15, 0.2) is 24.3 Å². The number of likely N-dealkylation sites (tertiary alicyclic amines) is 1. The van der Waals surface area contributed by atoms with E-state index in [2.05, 4.69) is 5.32 Å². The zero-order valence-corrected chi connectivity index (χ0v) is 14.3. The molecule has 24 heavy (non-hydrogen) atoms. The van der Waals surface area contributed by atoms with Crippen molar-refractivity contribution in [3.05, 3.63) is 35.4 Å². The SMILES string of the molecule is CCOCc1ccccc1CNC(=O)N1CCC2(CC1)OCCO2. The number of urea groups is 1. The van der Waals surface area contributed by atoms with Crippen molar-refractivity contribution in [1.29, 1.82) is 0 Å². The Morgan fingerprint density at radius 3 is 2.54 bits per heavy atom. The van der Waals surface area contributed by atoms with E-state index in [4.69, 9.17) is 14.2 Å². The van der Waals surface area contributed by atoms with Crippen molar-refractivity contribution in [2.45, 2.75) is 38.7 Å². The molecule has 0 aromatic heterocycles. The van der Waals surface area contributed by atoms with Crippen molar-refractivity contribution >= 4 is 6.03 Å². The fraction of sp³-hybridized carbons (Fsp3) is 0.611. The van der Waals surface area contributed by atoms with Gasteiger partial charge in [-0.25, -0.2) is 4.79 Å². The second-order valence-corrected chi connectivity index (χ2v) is 6.16. The molecule has 2 aliphatic rings. The lowest BCUT2D eigenvalue weighted by atomic mass is 10.0. The van der Waals surface area contributed by atoms with Crippen LogP contribution >= 0.6 is 0 Å². The van der Waals surface area contributed by atoms with Crippen LogP contribution in [0, 0.1) is 0 Å². The molecule has 1 N–H and O–H groups in total. The fourth-order valence-corrected chi connectivity index (χ4v) is 3.20. The van der Waals surface area contributed by atoms with E-state index in [0.717, 1.165) is 24.0 Å². The van der Waals surface area contributed by atoms with Crippen molar-refractivity contribution < 1.29 is 19.0 Å². The molecule has 2 aliphatic heterocycles. The van der Waals surface area contributed by atoms with E-state index >= 15 is 0 Å². The van der Waals surface area contributed by atoms with Gasteiger partial charge in [0.2, 0.25) is 0 Å². The van der Waals surface area contributed by atoms with Crippen LogP contribution < -0.4 is 5.32 Å². The summed E-state index contributed by atoms with van der Waals surface area (Å²) in [5.41, 5.74) is 2.21. The molecule has 0 aliphatic carbocycles. The number of ether oxygens (including phenoxy) is 3. The standard InChI is InChI=1S/C18H26N2O4/c1-2-22-14-16-6-4-3-5-15(16)13-19-17(21)20-9-7-18(8-10-20)23-11-12-24-18/h3-6H,2,7-14H2,1H3,(H,19,21). The van der Waals surface area contributed by atoms with E-state index in [1.54, 1.807) is 0 Å². The Hall–Kier alpha value is -1.63. The Labute approximate surface area is 143 Å². The van der Waals surface area contributed by atoms with E-state index in [0.29, 0.717) is 46.1 Å². The van der Waals surface area contributed by atoms with Gasteiger partial charge in [0, 0.05) is 39.1 Å². The first-order valence-electron chi connectivity index (χ1n) is 8.68. The Kier molecular flexibility index (Phi) is 5.71. The number of carbonyl (C=O) groups is 1. The third-order valence-corrected chi connectivity index (χ3v) is 4.64. The first kappa shape index (κ1) is 17.2. The predicted molar refractivity (Wildman–Crippen MR) is 89.4 cm³/mol. The van der Waals surface area contributed by atoms with Crippen LogP contribution in [0.1, 0.15) is 30.9 Å². The highest BCUT2D eigenvalue weighted by Gasteiger charge is 2.40. The maximum Gasteiger partial charge on any atom is 0.317 e. The Balaban J connectivity index is 1.49. The maximum atomic E-state index is 12.4. The summed E-state index contributed by atoms with van der Waals surface area (Å²) < 4.78 is 16.9. The summed E-state index contributed by atoms with van der Waals surface area (Å²) in [6.07, 6.45) is 1.47. The topological polar surface area (TPSA) is 60.0 Å². The van der Waals surface area contributed by atoms with Crippen LogP contribution in [-0.2, 0) is 27.4 Å². The Morgan fingerprint density at radius 1 is 1.21 bits per heavy atom. The molecule has 1 aromatic rings. The average molecular weight is 334 g/mol. The molecule has 2 amide bonds. The largest absolute Gasteiger partial charge is 0.377 e. The summed E-state index contributed by atoms with van der Waals surface area (Å²) in [6.45, 7) is 6.37. The maximum absolute atomic E-state index is 12.4. The molecule has 0 saturated carbocycles. The summed E-state index contributed by atoms with van der Waals surface area (Å²) in [6, 6.07) is 8.01. The van der Waals surface area contributed by atoms with Gasteiger partial charge in [-0.2, -0.15) is 0 Å². The number of nitrogens with one attached hydrogen (secondary N) is 1. The van der Waals surface area contributed by atoms with Gasteiger partial charge in [0.25, 0.3) is 0 Å². The molecule has 132 valence electrons. The molecule has 0 unspecified atom stereocenters. The summed E-state index contributed by atoms with van der Waals surface area (Å²) in [5, 5.41) is 3.01. The van der Waals surface area contributed by atoms with Crippen molar-refractivity contribution in [2.75, 3.05) is 32.9 Å². The van der Waals surface area contributed by atoms with Crippen LogP contribution in [-0.4, -0.2) is 49.6 Å². The number of amides is 2. The lowest BCUT2D eigenvalue weighted by Crippen LogP contribution is -2.50. The minimum absolute atomic E-state index is 0.0333.